The Morgan fingerprint density at radius 1 is 0.711 bits per heavy atom. The maximum atomic E-state index is 13.7. The lowest BCUT2D eigenvalue weighted by Gasteiger charge is -2.32. The second-order valence-electron chi connectivity index (χ2n) is 9.20. The molecule has 4 rings (SSSR count). The molecule has 0 aliphatic rings. The van der Waals surface area contributed by atoms with Crippen LogP contribution in [0.25, 0.3) is 0 Å². The van der Waals surface area contributed by atoms with Crippen molar-refractivity contribution in [2.75, 3.05) is 13.7 Å². The Morgan fingerprint density at radius 3 is 1.87 bits per heavy atom. The average molecular weight is 507 g/mol. The fraction of sp³-hybridized carbons (Fsp3) is 0.212. The van der Waals surface area contributed by atoms with E-state index in [1.54, 1.807) is 12.0 Å². The quantitative estimate of drug-likeness (QED) is 0.266. The van der Waals surface area contributed by atoms with Gasteiger partial charge in [0.15, 0.2) is 0 Å². The molecule has 0 bridgehead atoms. The van der Waals surface area contributed by atoms with Gasteiger partial charge >= 0.3 is 0 Å². The van der Waals surface area contributed by atoms with Crippen LogP contribution in [0.1, 0.15) is 34.7 Å². The first kappa shape index (κ1) is 26.7. The van der Waals surface area contributed by atoms with Crippen LogP contribution in [0.4, 0.5) is 0 Å². The summed E-state index contributed by atoms with van der Waals surface area (Å²) in [5, 5.41) is 3.09. The summed E-state index contributed by atoms with van der Waals surface area (Å²) in [4.78, 5) is 29.2. The molecule has 5 nitrogen and oxygen atoms in total. The highest BCUT2D eigenvalue weighted by Crippen LogP contribution is 2.25. The van der Waals surface area contributed by atoms with Crippen molar-refractivity contribution in [3.05, 3.63) is 138 Å². The highest BCUT2D eigenvalue weighted by Gasteiger charge is 2.31. The van der Waals surface area contributed by atoms with E-state index >= 15 is 0 Å². The zero-order valence-corrected chi connectivity index (χ0v) is 21.8. The molecule has 0 heterocycles. The molecule has 0 aliphatic heterocycles. The third kappa shape index (κ3) is 7.56. The molecule has 0 saturated carbocycles. The number of hydrogen-bond donors (Lipinski definition) is 1. The fourth-order valence-electron chi connectivity index (χ4n) is 4.47. The summed E-state index contributed by atoms with van der Waals surface area (Å²) in [6, 6.07) is 36.4. The lowest BCUT2D eigenvalue weighted by molar-refractivity contribution is -0.141. The van der Waals surface area contributed by atoms with E-state index < -0.39 is 6.04 Å². The first-order valence-electron chi connectivity index (χ1n) is 13.0. The highest BCUT2D eigenvalue weighted by atomic mass is 16.5. The van der Waals surface area contributed by atoms with E-state index in [0.29, 0.717) is 32.4 Å². The first-order chi connectivity index (χ1) is 18.6. The molecule has 4 aromatic rings. The number of benzene rings is 4. The van der Waals surface area contributed by atoms with Crippen LogP contribution < -0.4 is 10.1 Å². The van der Waals surface area contributed by atoms with E-state index in [-0.39, 0.29) is 11.8 Å². The summed E-state index contributed by atoms with van der Waals surface area (Å²) < 4.78 is 5.23. The molecule has 0 aromatic heterocycles. The molecular formula is C33H34N2O3. The maximum absolute atomic E-state index is 13.7. The zero-order chi connectivity index (χ0) is 26.6. The predicted octanol–water partition coefficient (Wildman–Crippen LogP) is 5.76. The number of hydrogen-bond acceptors (Lipinski definition) is 3. The number of amides is 2. The molecule has 5 heteroatoms. The van der Waals surface area contributed by atoms with Gasteiger partial charge in [0.05, 0.1) is 7.11 Å². The van der Waals surface area contributed by atoms with Gasteiger partial charge in [0.25, 0.3) is 0 Å². The van der Waals surface area contributed by atoms with Gasteiger partial charge in [-0.2, -0.15) is 0 Å². The molecule has 0 aliphatic carbocycles. The Bertz CT molecular complexity index is 1280. The largest absolute Gasteiger partial charge is 0.497 e. The SMILES string of the molecule is COc1ccc(CCNC(=O)[C@@H](c2ccccc2)N(Cc2ccccc2)C(=O)CCc2ccccc2)cc1. The van der Waals surface area contributed by atoms with E-state index in [1.165, 1.54) is 0 Å². The van der Waals surface area contributed by atoms with Crippen molar-refractivity contribution in [1.82, 2.24) is 10.2 Å². The van der Waals surface area contributed by atoms with E-state index in [0.717, 1.165) is 28.0 Å². The van der Waals surface area contributed by atoms with Crippen molar-refractivity contribution in [3.8, 4) is 5.75 Å². The van der Waals surface area contributed by atoms with Gasteiger partial charge in [0.1, 0.15) is 11.8 Å². The topological polar surface area (TPSA) is 58.6 Å². The number of nitrogens with zero attached hydrogens (tertiary/aromatic N) is 1. The Kier molecular flexibility index (Phi) is 9.69. The van der Waals surface area contributed by atoms with Gasteiger partial charge in [-0.3, -0.25) is 9.59 Å². The third-order valence-corrected chi connectivity index (χ3v) is 6.53. The van der Waals surface area contributed by atoms with Gasteiger partial charge in [0.2, 0.25) is 11.8 Å². The van der Waals surface area contributed by atoms with Gasteiger partial charge in [-0.25, -0.2) is 0 Å². The minimum Gasteiger partial charge on any atom is -0.497 e. The molecule has 0 saturated heterocycles. The van der Waals surface area contributed by atoms with Crippen molar-refractivity contribution >= 4 is 11.8 Å². The summed E-state index contributed by atoms with van der Waals surface area (Å²) in [6.07, 6.45) is 1.61. The fourth-order valence-corrected chi connectivity index (χ4v) is 4.47. The molecule has 0 radical (unpaired) electrons. The zero-order valence-electron chi connectivity index (χ0n) is 21.8. The third-order valence-electron chi connectivity index (χ3n) is 6.53. The van der Waals surface area contributed by atoms with Gasteiger partial charge in [0, 0.05) is 19.5 Å². The molecule has 0 spiro atoms. The number of aryl methyl sites for hydroxylation is 1. The normalized spacial score (nSPS) is 11.4. The van der Waals surface area contributed by atoms with Crippen LogP contribution in [0, 0.1) is 0 Å². The number of carbonyl (C=O) groups is 2. The van der Waals surface area contributed by atoms with Gasteiger partial charge in [-0.1, -0.05) is 103 Å². The average Bonchev–Trinajstić information content (AvgIpc) is 2.97. The Morgan fingerprint density at radius 2 is 1.26 bits per heavy atom. The standard InChI is InChI=1S/C33H34N2O3/c1-38-30-20-17-27(18-21-30)23-24-34-33(37)32(29-15-9-4-10-16-29)35(25-28-13-7-3-8-14-28)31(36)22-19-26-11-5-2-6-12-26/h2-18,20-21,32H,19,22-25H2,1H3,(H,34,37)/t32-/m1/s1. The maximum Gasteiger partial charge on any atom is 0.247 e. The summed E-state index contributed by atoms with van der Waals surface area (Å²) in [5.74, 6) is 0.554. The summed E-state index contributed by atoms with van der Waals surface area (Å²) in [6.45, 7) is 0.811. The minimum absolute atomic E-state index is 0.0585. The van der Waals surface area contributed by atoms with Crippen LogP contribution in [0.15, 0.2) is 115 Å². The van der Waals surface area contributed by atoms with Crippen LogP contribution in [0.2, 0.25) is 0 Å². The number of nitrogens with one attached hydrogen (secondary N) is 1. The monoisotopic (exact) mass is 506 g/mol. The highest BCUT2D eigenvalue weighted by molar-refractivity contribution is 5.88. The number of ether oxygens (including phenoxy) is 1. The van der Waals surface area contributed by atoms with Crippen LogP contribution >= 0.6 is 0 Å². The Hall–Kier alpha value is -4.38. The summed E-state index contributed by atoms with van der Waals surface area (Å²) >= 11 is 0. The molecule has 2 amide bonds. The molecular weight excluding hydrogens is 472 g/mol. The van der Waals surface area contributed by atoms with E-state index in [2.05, 4.69) is 5.32 Å². The number of methoxy groups -OCH3 is 1. The molecule has 0 unspecified atom stereocenters. The van der Waals surface area contributed by atoms with Crippen molar-refractivity contribution in [3.63, 3.8) is 0 Å². The molecule has 38 heavy (non-hydrogen) atoms. The van der Waals surface area contributed by atoms with E-state index in [9.17, 15) is 9.59 Å². The number of rotatable bonds is 12. The van der Waals surface area contributed by atoms with E-state index in [1.807, 2.05) is 115 Å². The van der Waals surface area contributed by atoms with Gasteiger partial charge in [-0.15, -0.1) is 0 Å². The number of carbonyl (C=O) groups excluding carboxylic acids is 2. The Balaban J connectivity index is 1.54. The molecule has 1 atom stereocenters. The van der Waals surface area contributed by atoms with Crippen molar-refractivity contribution < 1.29 is 14.3 Å². The van der Waals surface area contributed by atoms with Crippen molar-refractivity contribution in [1.29, 1.82) is 0 Å². The minimum atomic E-state index is -0.740. The lowest BCUT2D eigenvalue weighted by atomic mass is 10.0. The second kappa shape index (κ2) is 13.8. The lowest BCUT2D eigenvalue weighted by Crippen LogP contribution is -2.44. The molecule has 194 valence electrons. The predicted molar refractivity (Wildman–Crippen MR) is 151 cm³/mol. The van der Waals surface area contributed by atoms with Crippen molar-refractivity contribution in [2.24, 2.45) is 0 Å². The van der Waals surface area contributed by atoms with Crippen LogP contribution in [0.5, 0.6) is 5.75 Å². The first-order valence-corrected chi connectivity index (χ1v) is 13.0. The molecule has 4 aromatic carbocycles. The van der Waals surface area contributed by atoms with Crippen LogP contribution in [0.3, 0.4) is 0 Å². The molecule has 0 fully saturated rings. The van der Waals surface area contributed by atoms with Crippen molar-refractivity contribution in [2.45, 2.75) is 31.8 Å². The van der Waals surface area contributed by atoms with Crippen LogP contribution in [-0.4, -0.2) is 30.4 Å². The smallest absolute Gasteiger partial charge is 0.247 e. The van der Waals surface area contributed by atoms with E-state index in [4.69, 9.17) is 4.74 Å². The second-order valence-corrected chi connectivity index (χ2v) is 9.20. The van der Waals surface area contributed by atoms with Gasteiger partial charge in [-0.05, 0) is 47.2 Å². The summed E-state index contributed by atoms with van der Waals surface area (Å²) in [5.41, 5.74) is 3.97. The summed E-state index contributed by atoms with van der Waals surface area (Å²) in [7, 11) is 1.64. The van der Waals surface area contributed by atoms with Crippen LogP contribution in [-0.2, 0) is 29.0 Å². The Labute approximate surface area is 225 Å². The molecule has 1 N–H and O–H groups in total. The van der Waals surface area contributed by atoms with Gasteiger partial charge < -0.3 is 15.0 Å².